The Morgan fingerprint density at radius 1 is 0.966 bits per heavy atom. The van der Waals surface area contributed by atoms with Gasteiger partial charge in [-0.2, -0.15) is 0 Å². The summed E-state index contributed by atoms with van der Waals surface area (Å²) in [6.45, 7) is 1.92. The van der Waals surface area contributed by atoms with E-state index in [1.165, 1.54) is 6.92 Å². The number of para-hydroxylation sites is 1. The van der Waals surface area contributed by atoms with E-state index in [0.29, 0.717) is 17.8 Å². The summed E-state index contributed by atoms with van der Waals surface area (Å²) >= 11 is 1.63. The average molecular weight is 401 g/mol. The molecule has 0 unspecified atom stereocenters. The fourth-order valence-corrected chi connectivity index (χ4v) is 3.89. The van der Waals surface area contributed by atoms with Crippen molar-refractivity contribution in [3.8, 4) is 10.6 Å². The number of hydrogen-bond acceptors (Lipinski definition) is 4. The van der Waals surface area contributed by atoms with Gasteiger partial charge >= 0.3 is 0 Å². The van der Waals surface area contributed by atoms with Gasteiger partial charge in [0.1, 0.15) is 5.01 Å². The number of nitrogens with zero attached hydrogens (tertiary/aromatic N) is 1. The molecule has 2 N–H and O–H groups in total. The Labute approximate surface area is 172 Å². The smallest absolute Gasteiger partial charge is 0.255 e. The predicted octanol–water partition coefficient (Wildman–Crippen LogP) is 4.85. The molecule has 0 saturated heterocycles. The summed E-state index contributed by atoms with van der Waals surface area (Å²) in [5.41, 5.74) is 4.15. The Balaban J connectivity index is 1.48. The lowest BCUT2D eigenvalue weighted by Crippen LogP contribution is -2.19. The molecule has 144 valence electrons. The molecule has 6 heteroatoms. The summed E-state index contributed by atoms with van der Waals surface area (Å²) in [5.74, 6) is -0.266. The molecule has 0 radical (unpaired) electrons. The average Bonchev–Trinajstić information content (AvgIpc) is 3.17. The van der Waals surface area contributed by atoms with Crippen LogP contribution >= 0.6 is 11.3 Å². The van der Waals surface area contributed by atoms with Gasteiger partial charge in [-0.3, -0.25) is 9.59 Å². The summed E-state index contributed by atoms with van der Waals surface area (Å²) in [4.78, 5) is 28.3. The van der Waals surface area contributed by atoms with Crippen molar-refractivity contribution < 1.29 is 9.59 Å². The standard InChI is InChI=1S/C23H19N3O2S/c1-15(27)24-14-16-9-11-17(12-10-16)22(28)25-19-6-4-5-18(13-19)23-26-20-7-2-3-8-21(20)29-23/h2-13H,14H2,1H3,(H,24,27)(H,25,28). The lowest BCUT2D eigenvalue weighted by molar-refractivity contribution is -0.119. The maximum Gasteiger partial charge on any atom is 0.255 e. The van der Waals surface area contributed by atoms with E-state index in [-0.39, 0.29) is 11.8 Å². The third-order valence-corrected chi connectivity index (χ3v) is 5.50. The number of rotatable bonds is 5. The molecule has 3 aromatic carbocycles. The van der Waals surface area contributed by atoms with Crippen LogP contribution in [0.3, 0.4) is 0 Å². The van der Waals surface area contributed by atoms with E-state index in [9.17, 15) is 9.59 Å². The Kier molecular flexibility index (Phi) is 5.35. The number of anilines is 1. The molecule has 2 amide bonds. The van der Waals surface area contributed by atoms with Gasteiger partial charge in [0.2, 0.25) is 5.91 Å². The van der Waals surface area contributed by atoms with Crippen molar-refractivity contribution in [3.05, 3.63) is 83.9 Å². The zero-order valence-electron chi connectivity index (χ0n) is 15.8. The summed E-state index contributed by atoms with van der Waals surface area (Å²) in [6.07, 6.45) is 0. The van der Waals surface area contributed by atoms with Gasteiger partial charge < -0.3 is 10.6 Å². The number of hydrogen-bond donors (Lipinski definition) is 2. The molecule has 29 heavy (non-hydrogen) atoms. The van der Waals surface area contributed by atoms with Crippen LogP contribution < -0.4 is 10.6 Å². The third kappa shape index (κ3) is 4.50. The molecule has 0 atom stereocenters. The van der Waals surface area contributed by atoms with Gasteiger partial charge in [0.15, 0.2) is 0 Å². The Hall–Kier alpha value is -3.51. The fourth-order valence-electron chi connectivity index (χ4n) is 2.93. The molecule has 0 aliphatic carbocycles. The highest BCUT2D eigenvalue weighted by Crippen LogP contribution is 2.31. The molecule has 4 rings (SSSR count). The first-order valence-corrected chi connectivity index (χ1v) is 10.0. The molecule has 4 aromatic rings. The van der Waals surface area contributed by atoms with Crippen LogP contribution in [0.4, 0.5) is 5.69 Å². The number of fused-ring (bicyclic) bond motifs is 1. The van der Waals surface area contributed by atoms with Crippen LogP contribution in [0, 0.1) is 0 Å². The molecule has 1 aromatic heterocycles. The van der Waals surface area contributed by atoms with Gasteiger partial charge in [0, 0.05) is 30.3 Å². The number of carbonyl (C=O) groups excluding carboxylic acids is 2. The highest BCUT2D eigenvalue weighted by Gasteiger charge is 2.09. The van der Waals surface area contributed by atoms with Crippen molar-refractivity contribution in [2.45, 2.75) is 13.5 Å². The molecule has 1 heterocycles. The van der Waals surface area contributed by atoms with Crippen LogP contribution in [-0.4, -0.2) is 16.8 Å². The van der Waals surface area contributed by atoms with E-state index in [0.717, 1.165) is 26.4 Å². The van der Waals surface area contributed by atoms with Crippen molar-refractivity contribution in [1.82, 2.24) is 10.3 Å². The minimum absolute atomic E-state index is 0.0835. The van der Waals surface area contributed by atoms with E-state index < -0.39 is 0 Å². The summed E-state index contributed by atoms with van der Waals surface area (Å²) in [7, 11) is 0. The number of nitrogens with one attached hydrogen (secondary N) is 2. The van der Waals surface area contributed by atoms with Crippen molar-refractivity contribution in [2.75, 3.05) is 5.32 Å². The number of carbonyl (C=O) groups is 2. The first-order valence-electron chi connectivity index (χ1n) is 9.19. The fraction of sp³-hybridized carbons (Fsp3) is 0.0870. The minimum Gasteiger partial charge on any atom is -0.352 e. The van der Waals surface area contributed by atoms with Gasteiger partial charge in [0.05, 0.1) is 10.2 Å². The second-order valence-corrected chi connectivity index (χ2v) is 7.66. The molecule has 0 saturated carbocycles. The number of thiazole rings is 1. The van der Waals surface area contributed by atoms with Crippen LogP contribution in [0.25, 0.3) is 20.8 Å². The van der Waals surface area contributed by atoms with Gasteiger partial charge in [-0.1, -0.05) is 36.4 Å². The molecule has 0 aliphatic rings. The van der Waals surface area contributed by atoms with Crippen molar-refractivity contribution in [3.63, 3.8) is 0 Å². The molecular weight excluding hydrogens is 382 g/mol. The number of amides is 2. The second-order valence-electron chi connectivity index (χ2n) is 6.63. The SMILES string of the molecule is CC(=O)NCc1ccc(C(=O)Nc2cccc(-c3nc4ccccc4s3)c2)cc1. The van der Waals surface area contributed by atoms with Crippen LogP contribution in [-0.2, 0) is 11.3 Å². The van der Waals surface area contributed by atoms with Gasteiger partial charge in [-0.05, 0) is 42.0 Å². The Morgan fingerprint density at radius 2 is 1.76 bits per heavy atom. The van der Waals surface area contributed by atoms with E-state index >= 15 is 0 Å². The van der Waals surface area contributed by atoms with Crippen LogP contribution in [0.5, 0.6) is 0 Å². The number of benzene rings is 3. The summed E-state index contributed by atoms with van der Waals surface area (Å²) in [5, 5.41) is 6.60. The predicted molar refractivity (Wildman–Crippen MR) is 117 cm³/mol. The Bertz CT molecular complexity index is 1150. The topological polar surface area (TPSA) is 71.1 Å². The lowest BCUT2D eigenvalue weighted by atomic mass is 10.1. The zero-order chi connectivity index (χ0) is 20.2. The molecule has 0 spiro atoms. The first-order chi connectivity index (χ1) is 14.1. The maximum atomic E-state index is 12.6. The van der Waals surface area contributed by atoms with Crippen LogP contribution in [0.15, 0.2) is 72.8 Å². The van der Waals surface area contributed by atoms with E-state index in [1.54, 1.807) is 23.5 Å². The second kappa shape index (κ2) is 8.24. The van der Waals surface area contributed by atoms with Gasteiger partial charge in [0.25, 0.3) is 5.91 Å². The largest absolute Gasteiger partial charge is 0.352 e. The zero-order valence-corrected chi connectivity index (χ0v) is 16.6. The molecule has 0 bridgehead atoms. The third-order valence-electron chi connectivity index (χ3n) is 4.42. The quantitative estimate of drug-likeness (QED) is 0.502. The molecule has 5 nitrogen and oxygen atoms in total. The van der Waals surface area contributed by atoms with Crippen molar-refractivity contribution >= 4 is 39.1 Å². The molecular formula is C23H19N3O2S. The Morgan fingerprint density at radius 3 is 2.52 bits per heavy atom. The van der Waals surface area contributed by atoms with Crippen LogP contribution in [0.1, 0.15) is 22.8 Å². The summed E-state index contributed by atoms with van der Waals surface area (Å²) in [6, 6.07) is 22.9. The highest BCUT2D eigenvalue weighted by molar-refractivity contribution is 7.21. The monoisotopic (exact) mass is 401 g/mol. The normalized spacial score (nSPS) is 10.7. The highest BCUT2D eigenvalue weighted by atomic mass is 32.1. The molecule has 0 aliphatic heterocycles. The van der Waals surface area contributed by atoms with Gasteiger partial charge in [-0.15, -0.1) is 11.3 Å². The lowest BCUT2D eigenvalue weighted by Gasteiger charge is -2.08. The van der Waals surface area contributed by atoms with Crippen LogP contribution in [0.2, 0.25) is 0 Å². The van der Waals surface area contributed by atoms with E-state index in [4.69, 9.17) is 0 Å². The summed E-state index contributed by atoms with van der Waals surface area (Å²) < 4.78 is 1.14. The minimum atomic E-state index is -0.183. The maximum absolute atomic E-state index is 12.6. The van der Waals surface area contributed by atoms with Crippen molar-refractivity contribution in [2.24, 2.45) is 0 Å². The number of aromatic nitrogens is 1. The van der Waals surface area contributed by atoms with E-state index in [2.05, 4.69) is 21.7 Å². The first kappa shape index (κ1) is 18.8. The van der Waals surface area contributed by atoms with E-state index in [1.807, 2.05) is 54.6 Å². The van der Waals surface area contributed by atoms with Gasteiger partial charge in [-0.25, -0.2) is 4.98 Å². The molecule has 0 fully saturated rings. The van der Waals surface area contributed by atoms with Crippen molar-refractivity contribution in [1.29, 1.82) is 0 Å².